The Morgan fingerprint density at radius 3 is 2.71 bits per heavy atom. The molecule has 3 heteroatoms. The number of hydrogen-bond donors (Lipinski definition) is 0. The summed E-state index contributed by atoms with van der Waals surface area (Å²) in [6, 6.07) is 12.9. The summed E-state index contributed by atoms with van der Waals surface area (Å²) in [6.07, 6.45) is 3.20. The van der Waals surface area contributed by atoms with Crippen molar-refractivity contribution < 1.29 is 4.79 Å². The third kappa shape index (κ3) is 3.03. The zero-order chi connectivity index (χ0) is 14.8. The minimum absolute atomic E-state index is 0.218. The van der Waals surface area contributed by atoms with Gasteiger partial charge in [0.15, 0.2) is 0 Å². The first-order valence-electron chi connectivity index (χ1n) is 7.57. The Bertz CT molecular complexity index is 632. The standard InChI is InChI=1S/C18H21NOS/c1-13-11-17(14(2)21-13)18(20)19-10-6-9-16(19)12-15-7-4-3-5-8-15/h3-5,7-8,11,16H,6,9-10,12H2,1-2H3. The van der Waals surface area contributed by atoms with Crippen LogP contribution in [0.3, 0.4) is 0 Å². The number of amides is 1. The summed E-state index contributed by atoms with van der Waals surface area (Å²) in [5.41, 5.74) is 2.22. The van der Waals surface area contributed by atoms with Crippen molar-refractivity contribution in [2.24, 2.45) is 0 Å². The normalized spacial score (nSPS) is 18.2. The van der Waals surface area contributed by atoms with Crippen molar-refractivity contribution in [2.45, 2.75) is 39.2 Å². The molecule has 1 aromatic carbocycles. The molecular weight excluding hydrogens is 278 g/mol. The SMILES string of the molecule is Cc1cc(C(=O)N2CCCC2Cc2ccccc2)c(C)s1. The first kappa shape index (κ1) is 14.3. The Morgan fingerprint density at radius 2 is 2.05 bits per heavy atom. The summed E-state index contributed by atoms with van der Waals surface area (Å²) in [7, 11) is 0. The number of rotatable bonds is 3. The fraction of sp³-hybridized carbons (Fsp3) is 0.389. The highest BCUT2D eigenvalue weighted by Gasteiger charge is 2.30. The highest BCUT2D eigenvalue weighted by atomic mass is 32.1. The second kappa shape index (κ2) is 6.02. The molecule has 1 aliphatic heterocycles. The number of nitrogens with zero attached hydrogens (tertiary/aromatic N) is 1. The highest BCUT2D eigenvalue weighted by Crippen LogP contribution is 2.27. The van der Waals surface area contributed by atoms with Crippen molar-refractivity contribution in [1.82, 2.24) is 4.90 Å². The Hall–Kier alpha value is -1.61. The monoisotopic (exact) mass is 299 g/mol. The smallest absolute Gasteiger partial charge is 0.255 e. The Labute approximate surface area is 130 Å². The number of carbonyl (C=O) groups excluding carboxylic acids is 1. The lowest BCUT2D eigenvalue weighted by Gasteiger charge is -2.25. The van der Waals surface area contributed by atoms with Crippen molar-refractivity contribution in [2.75, 3.05) is 6.54 Å². The molecule has 3 rings (SSSR count). The third-order valence-corrected chi connectivity index (χ3v) is 5.19. The Morgan fingerprint density at radius 1 is 1.29 bits per heavy atom. The molecule has 1 atom stereocenters. The topological polar surface area (TPSA) is 20.3 Å². The fourth-order valence-corrected chi connectivity index (χ4v) is 4.12. The van der Waals surface area contributed by atoms with Crippen LogP contribution in [0, 0.1) is 13.8 Å². The largest absolute Gasteiger partial charge is 0.335 e. The summed E-state index contributed by atoms with van der Waals surface area (Å²) in [6.45, 7) is 5.01. The number of aryl methyl sites for hydroxylation is 2. The van der Waals surface area contributed by atoms with E-state index in [1.165, 1.54) is 10.4 Å². The van der Waals surface area contributed by atoms with Gasteiger partial charge in [0.05, 0.1) is 5.56 Å². The van der Waals surface area contributed by atoms with Crippen LogP contribution in [-0.4, -0.2) is 23.4 Å². The van der Waals surface area contributed by atoms with Gasteiger partial charge in [0.25, 0.3) is 5.91 Å². The van der Waals surface area contributed by atoms with Gasteiger partial charge in [0.2, 0.25) is 0 Å². The minimum atomic E-state index is 0.218. The van der Waals surface area contributed by atoms with Crippen LogP contribution < -0.4 is 0 Å². The average Bonchev–Trinajstić information content (AvgIpc) is 3.06. The van der Waals surface area contributed by atoms with E-state index in [1.807, 2.05) is 19.1 Å². The maximum atomic E-state index is 12.8. The van der Waals surface area contributed by atoms with E-state index in [2.05, 4.69) is 36.1 Å². The van der Waals surface area contributed by atoms with Gasteiger partial charge in [0, 0.05) is 22.3 Å². The number of likely N-dealkylation sites (tertiary alicyclic amines) is 1. The number of thiophene rings is 1. The van der Waals surface area contributed by atoms with Gasteiger partial charge < -0.3 is 4.90 Å². The van der Waals surface area contributed by atoms with Crippen molar-refractivity contribution in [3.63, 3.8) is 0 Å². The molecule has 0 radical (unpaired) electrons. The molecule has 2 heterocycles. The van der Waals surface area contributed by atoms with Crippen molar-refractivity contribution in [3.8, 4) is 0 Å². The van der Waals surface area contributed by atoms with E-state index in [4.69, 9.17) is 0 Å². The molecular formula is C18H21NOS. The van der Waals surface area contributed by atoms with Gasteiger partial charge in [-0.3, -0.25) is 4.79 Å². The zero-order valence-electron chi connectivity index (χ0n) is 12.6. The van der Waals surface area contributed by atoms with Crippen molar-refractivity contribution in [3.05, 3.63) is 57.3 Å². The van der Waals surface area contributed by atoms with Gasteiger partial charge >= 0.3 is 0 Å². The van der Waals surface area contributed by atoms with Gasteiger partial charge in [-0.05, 0) is 44.7 Å². The molecule has 2 nitrogen and oxygen atoms in total. The van der Waals surface area contributed by atoms with Gasteiger partial charge in [-0.25, -0.2) is 0 Å². The number of hydrogen-bond acceptors (Lipinski definition) is 2. The zero-order valence-corrected chi connectivity index (χ0v) is 13.5. The molecule has 1 aromatic heterocycles. The number of benzene rings is 1. The first-order valence-corrected chi connectivity index (χ1v) is 8.38. The average molecular weight is 299 g/mol. The molecule has 0 N–H and O–H groups in total. The molecule has 110 valence electrons. The second-order valence-electron chi connectivity index (χ2n) is 5.81. The van der Waals surface area contributed by atoms with Gasteiger partial charge in [-0.15, -0.1) is 11.3 Å². The van der Waals surface area contributed by atoms with Crippen molar-refractivity contribution >= 4 is 17.2 Å². The molecule has 0 spiro atoms. The summed E-state index contributed by atoms with van der Waals surface area (Å²) in [4.78, 5) is 17.3. The van der Waals surface area contributed by atoms with E-state index >= 15 is 0 Å². The third-order valence-electron chi connectivity index (χ3n) is 4.22. The molecule has 1 fully saturated rings. The number of carbonyl (C=O) groups is 1. The Kier molecular flexibility index (Phi) is 4.11. The van der Waals surface area contributed by atoms with Crippen LogP contribution >= 0.6 is 11.3 Å². The molecule has 0 saturated carbocycles. The van der Waals surface area contributed by atoms with E-state index in [0.717, 1.165) is 36.2 Å². The van der Waals surface area contributed by atoms with Crippen LogP contribution in [0.1, 0.15) is 38.5 Å². The first-order chi connectivity index (χ1) is 10.1. The maximum Gasteiger partial charge on any atom is 0.255 e. The summed E-state index contributed by atoms with van der Waals surface area (Å²) in [5.74, 6) is 0.218. The van der Waals surface area contributed by atoms with Crippen molar-refractivity contribution in [1.29, 1.82) is 0 Å². The molecule has 1 saturated heterocycles. The van der Waals surface area contributed by atoms with Gasteiger partial charge in [-0.2, -0.15) is 0 Å². The van der Waals surface area contributed by atoms with E-state index in [9.17, 15) is 4.79 Å². The summed E-state index contributed by atoms with van der Waals surface area (Å²) >= 11 is 1.71. The van der Waals surface area contributed by atoms with Gasteiger partial charge in [-0.1, -0.05) is 30.3 Å². The molecule has 1 unspecified atom stereocenters. The van der Waals surface area contributed by atoms with Crippen LogP contribution in [0.15, 0.2) is 36.4 Å². The van der Waals surface area contributed by atoms with E-state index in [0.29, 0.717) is 6.04 Å². The van der Waals surface area contributed by atoms with Crippen LogP contribution in [0.2, 0.25) is 0 Å². The quantitative estimate of drug-likeness (QED) is 0.831. The fourth-order valence-electron chi connectivity index (χ4n) is 3.20. The summed E-state index contributed by atoms with van der Waals surface area (Å²) < 4.78 is 0. The van der Waals surface area contributed by atoms with Crippen LogP contribution in [0.5, 0.6) is 0 Å². The lowest BCUT2D eigenvalue weighted by Crippen LogP contribution is -2.36. The van der Waals surface area contributed by atoms with E-state index in [1.54, 1.807) is 11.3 Å². The molecule has 2 aromatic rings. The minimum Gasteiger partial charge on any atom is -0.335 e. The molecule has 1 amide bonds. The van der Waals surface area contributed by atoms with Crippen LogP contribution in [0.4, 0.5) is 0 Å². The van der Waals surface area contributed by atoms with Crippen LogP contribution in [-0.2, 0) is 6.42 Å². The molecule has 0 bridgehead atoms. The second-order valence-corrected chi connectivity index (χ2v) is 7.27. The highest BCUT2D eigenvalue weighted by molar-refractivity contribution is 7.12. The Balaban J connectivity index is 1.77. The predicted molar refractivity (Wildman–Crippen MR) is 88.0 cm³/mol. The van der Waals surface area contributed by atoms with Gasteiger partial charge in [0.1, 0.15) is 0 Å². The maximum absolute atomic E-state index is 12.8. The molecule has 21 heavy (non-hydrogen) atoms. The van der Waals surface area contributed by atoms with E-state index in [-0.39, 0.29) is 5.91 Å². The lowest BCUT2D eigenvalue weighted by atomic mass is 10.0. The lowest BCUT2D eigenvalue weighted by molar-refractivity contribution is 0.0736. The molecule has 1 aliphatic rings. The predicted octanol–water partition coefficient (Wildman–Crippen LogP) is 4.21. The molecule has 0 aliphatic carbocycles. The van der Waals surface area contributed by atoms with E-state index < -0.39 is 0 Å². The summed E-state index contributed by atoms with van der Waals surface area (Å²) in [5, 5.41) is 0. The van der Waals surface area contributed by atoms with Crippen LogP contribution in [0.25, 0.3) is 0 Å².